The van der Waals surface area contributed by atoms with Gasteiger partial charge in [0.2, 0.25) is 0 Å². The van der Waals surface area contributed by atoms with Gasteiger partial charge < -0.3 is 4.74 Å². The number of hydrogen-bond donors (Lipinski definition) is 0. The summed E-state index contributed by atoms with van der Waals surface area (Å²) < 4.78 is 17.6. The Morgan fingerprint density at radius 3 is 2.30 bits per heavy atom. The lowest BCUT2D eigenvalue weighted by molar-refractivity contribution is 0.0979. The topological polar surface area (TPSA) is 43.4 Å². The van der Waals surface area contributed by atoms with Crippen molar-refractivity contribution in [2.24, 2.45) is 0 Å². The van der Waals surface area contributed by atoms with E-state index >= 15 is 0 Å². The highest BCUT2D eigenvalue weighted by Crippen LogP contribution is 2.19. The predicted octanol–water partition coefficient (Wildman–Crippen LogP) is 2.72. The van der Waals surface area contributed by atoms with Gasteiger partial charge in [-0.15, -0.1) is 0 Å². The zero-order valence-corrected chi connectivity index (χ0v) is 13.2. The van der Waals surface area contributed by atoms with E-state index in [4.69, 9.17) is 4.74 Å². The van der Waals surface area contributed by atoms with E-state index in [-0.39, 0.29) is 16.8 Å². The Balaban J connectivity index is 2.10. The van der Waals surface area contributed by atoms with Gasteiger partial charge in [0.05, 0.1) is 5.75 Å². The lowest BCUT2D eigenvalue weighted by Crippen LogP contribution is -2.29. The molecule has 1 aromatic rings. The molecule has 1 atom stereocenters. The highest BCUT2D eigenvalue weighted by Gasteiger charge is 2.23. The molecule has 1 unspecified atom stereocenters. The van der Waals surface area contributed by atoms with Gasteiger partial charge in [0.25, 0.3) is 0 Å². The summed E-state index contributed by atoms with van der Waals surface area (Å²) in [7, 11) is -1.09. The lowest BCUT2D eigenvalue weighted by atomic mass is 9.97. The molecular formula is C16H22O3S. The van der Waals surface area contributed by atoms with Gasteiger partial charge in [0.15, 0.2) is 5.78 Å². The van der Waals surface area contributed by atoms with Gasteiger partial charge in [-0.1, -0.05) is 17.7 Å². The molecule has 3 nitrogen and oxygen atoms in total. The number of carbonyl (C=O) groups is 1. The Bertz CT molecular complexity index is 508. The standard InChI is InChI=1S/C16H22O3S/c1-11-8-12(2)16(13(3)9-11)15(17)10-20(18)14-4-6-19-7-5-14/h8-9,14H,4-7,10H2,1-3H3. The molecule has 0 N–H and O–H groups in total. The maximum atomic E-state index is 12.4. The van der Waals surface area contributed by atoms with Crippen LogP contribution in [0.25, 0.3) is 0 Å². The third-order valence-electron chi connectivity index (χ3n) is 3.77. The molecule has 110 valence electrons. The van der Waals surface area contributed by atoms with Crippen molar-refractivity contribution < 1.29 is 13.7 Å². The minimum absolute atomic E-state index is 0.00447. The Labute approximate surface area is 123 Å². The highest BCUT2D eigenvalue weighted by atomic mass is 32.2. The van der Waals surface area contributed by atoms with E-state index < -0.39 is 10.8 Å². The molecule has 2 rings (SSSR count). The van der Waals surface area contributed by atoms with Gasteiger partial charge in [-0.05, 0) is 44.7 Å². The molecule has 1 saturated heterocycles. The predicted molar refractivity (Wildman–Crippen MR) is 81.8 cm³/mol. The van der Waals surface area contributed by atoms with Crippen LogP contribution in [-0.2, 0) is 15.5 Å². The van der Waals surface area contributed by atoms with Gasteiger partial charge in [-0.25, -0.2) is 0 Å². The van der Waals surface area contributed by atoms with Crippen LogP contribution in [0, 0.1) is 20.8 Å². The summed E-state index contributed by atoms with van der Waals surface area (Å²) in [6.45, 7) is 7.24. The largest absolute Gasteiger partial charge is 0.381 e. The number of carbonyl (C=O) groups excluding carboxylic acids is 1. The van der Waals surface area contributed by atoms with Crippen LogP contribution in [0.2, 0.25) is 0 Å². The van der Waals surface area contributed by atoms with E-state index in [1.54, 1.807) is 0 Å². The normalized spacial score (nSPS) is 17.9. The first kappa shape index (κ1) is 15.4. The molecule has 4 heteroatoms. The van der Waals surface area contributed by atoms with Crippen LogP contribution in [-0.4, -0.2) is 34.2 Å². The Hall–Kier alpha value is -1.00. The Morgan fingerprint density at radius 2 is 1.75 bits per heavy atom. The van der Waals surface area contributed by atoms with Crippen LogP contribution in [0.1, 0.15) is 39.9 Å². The average molecular weight is 294 g/mol. The molecule has 1 aliphatic rings. The molecule has 1 aliphatic heterocycles. The first-order valence-corrected chi connectivity index (χ1v) is 8.43. The van der Waals surface area contributed by atoms with Crippen molar-refractivity contribution >= 4 is 16.6 Å². The number of Topliss-reactive ketones (excluding diaryl/α,β-unsaturated/α-hetero) is 1. The van der Waals surface area contributed by atoms with E-state index in [9.17, 15) is 9.00 Å². The number of ether oxygens (including phenoxy) is 1. The van der Waals surface area contributed by atoms with Crippen LogP contribution in [0.3, 0.4) is 0 Å². The Kier molecular flexibility index (Phi) is 5.11. The number of ketones is 1. The average Bonchev–Trinajstić information content (AvgIpc) is 2.38. The number of benzene rings is 1. The highest BCUT2D eigenvalue weighted by molar-refractivity contribution is 7.86. The van der Waals surface area contributed by atoms with E-state index in [1.165, 1.54) is 0 Å². The first-order valence-electron chi connectivity index (χ1n) is 7.05. The molecule has 0 aliphatic carbocycles. The molecule has 1 fully saturated rings. The number of hydrogen-bond acceptors (Lipinski definition) is 3. The molecule has 1 aromatic carbocycles. The van der Waals surface area contributed by atoms with Crippen molar-refractivity contribution in [3.8, 4) is 0 Å². The summed E-state index contributed by atoms with van der Waals surface area (Å²) in [5.41, 5.74) is 3.87. The smallest absolute Gasteiger partial charge is 0.175 e. The molecular weight excluding hydrogens is 272 g/mol. The van der Waals surface area contributed by atoms with E-state index in [2.05, 4.69) is 0 Å². The molecule has 20 heavy (non-hydrogen) atoms. The fourth-order valence-electron chi connectivity index (χ4n) is 2.88. The molecule has 0 spiro atoms. The van der Waals surface area contributed by atoms with E-state index in [0.29, 0.717) is 13.2 Å². The van der Waals surface area contributed by atoms with Crippen LogP contribution in [0.15, 0.2) is 12.1 Å². The van der Waals surface area contributed by atoms with Gasteiger partial charge in [-0.3, -0.25) is 9.00 Å². The third kappa shape index (κ3) is 3.55. The van der Waals surface area contributed by atoms with Crippen molar-refractivity contribution in [1.29, 1.82) is 0 Å². The Morgan fingerprint density at radius 1 is 1.20 bits per heavy atom. The van der Waals surface area contributed by atoms with Crippen molar-refractivity contribution in [2.75, 3.05) is 19.0 Å². The maximum Gasteiger partial charge on any atom is 0.175 e. The molecule has 0 saturated carbocycles. The summed E-state index contributed by atoms with van der Waals surface area (Å²) in [6.07, 6.45) is 1.59. The monoisotopic (exact) mass is 294 g/mol. The summed E-state index contributed by atoms with van der Waals surface area (Å²) >= 11 is 0. The first-order chi connectivity index (χ1) is 9.49. The number of rotatable bonds is 4. The van der Waals surface area contributed by atoms with Crippen molar-refractivity contribution in [3.05, 3.63) is 34.4 Å². The summed E-state index contributed by atoms with van der Waals surface area (Å²) in [4.78, 5) is 12.4. The summed E-state index contributed by atoms with van der Waals surface area (Å²) in [5.74, 6) is 0.139. The molecule has 0 radical (unpaired) electrons. The zero-order valence-electron chi connectivity index (χ0n) is 12.4. The summed E-state index contributed by atoms with van der Waals surface area (Å²) in [6, 6.07) is 4.02. The van der Waals surface area contributed by atoms with Crippen molar-refractivity contribution in [1.82, 2.24) is 0 Å². The van der Waals surface area contributed by atoms with Crippen LogP contribution in [0.4, 0.5) is 0 Å². The fourth-order valence-corrected chi connectivity index (χ4v) is 4.23. The maximum absolute atomic E-state index is 12.4. The second-order valence-electron chi connectivity index (χ2n) is 5.53. The molecule has 0 aromatic heterocycles. The van der Waals surface area contributed by atoms with Gasteiger partial charge in [0, 0.05) is 34.8 Å². The van der Waals surface area contributed by atoms with Crippen molar-refractivity contribution in [2.45, 2.75) is 38.9 Å². The quantitative estimate of drug-likeness (QED) is 0.802. The zero-order chi connectivity index (χ0) is 14.7. The van der Waals surface area contributed by atoms with Crippen LogP contribution >= 0.6 is 0 Å². The van der Waals surface area contributed by atoms with Gasteiger partial charge in [0.1, 0.15) is 0 Å². The van der Waals surface area contributed by atoms with E-state index in [0.717, 1.165) is 35.1 Å². The SMILES string of the molecule is Cc1cc(C)c(C(=O)CS(=O)C2CCOCC2)c(C)c1. The lowest BCUT2D eigenvalue weighted by Gasteiger charge is -2.21. The molecule has 1 heterocycles. The van der Waals surface area contributed by atoms with Crippen LogP contribution < -0.4 is 0 Å². The number of aryl methyl sites for hydroxylation is 3. The van der Waals surface area contributed by atoms with Crippen LogP contribution in [0.5, 0.6) is 0 Å². The van der Waals surface area contributed by atoms with Crippen molar-refractivity contribution in [3.63, 3.8) is 0 Å². The van der Waals surface area contributed by atoms with Gasteiger partial charge >= 0.3 is 0 Å². The minimum atomic E-state index is -1.09. The second kappa shape index (κ2) is 6.64. The van der Waals surface area contributed by atoms with E-state index in [1.807, 2.05) is 32.9 Å². The molecule has 0 amide bonds. The van der Waals surface area contributed by atoms with Gasteiger partial charge in [-0.2, -0.15) is 0 Å². The minimum Gasteiger partial charge on any atom is -0.381 e. The third-order valence-corrected chi connectivity index (χ3v) is 5.53. The summed E-state index contributed by atoms with van der Waals surface area (Å²) in [5, 5.41) is 0.110. The molecule has 0 bridgehead atoms. The fraction of sp³-hybridized carbons (Fsp3) is 0.562. The second-order valence-corrected chi connectivity index (χ2v) is 7.25.